The Hall–Kier alpha value is -1.90. The van der Waals surface area contributed by atoms with Crippen LogP contribution in [-0.4, -0.2) is 84.4 Å². The largest absolute Gasteiger partial charge is 0.356 e. The molecule has 1 aliphatic rings. The molecular weight excluding hydrogens is 338 g/mol. The van der Waals surface area contributed by atoms with E-state index in [9.17, 15) is 4.79 Å². The molecule has 0 aromatic carbocycles. The second kappa shape index (κ2) is 9.55. The lowest BCUT2D eigenvalue weighted by molar-refractivity contribution is -0.127. The summed E-state index contributed by atoms with van der Waals surface area (Å²) in [6, 6.07) is 0. The van der Waals surface area contributed by atoms with Crippen LogP contribution in [0.2, 0.25) is 0 Å². The Balaban J connectivity index is 1.95. The average molecular weight is 368 g/mol. The van der Waals surface area contributed by atoms with E-state index < -0.39 is 0 Å². The van der Waals surface area contributed by atoms with E-state index in [1.54, 1.807) is 19.0 Å². The highest BCUT2D eigenvalue weighted by Crippen LogP contribution is 2.19. The number of hydrogen-bond acceptors (Lipinski definition) is 6. The van der Waals surface area contributed by atoms with Crippen molar-refractivity contribution < 1.29 is 4.79 Å². The van der Waals surface area contributed by atoms with Crippen molar-refractivity contribution in [3.8, 4) is 0 Å². The third-order valence-corrected chi connectivity index (χ3v) is 4.83. The van der Waals surface area contributed by atoms with Gasteiger partial charge in [-0.1, -0.05) is 13.8 Å². The molecule has 0 atom stereocenters. The first-order chi connectivity index (χ1) is 12.0. The number of guanidine groups is 1. The standard InChI is InChI=1S/C16H29N7OS/c1-5-7-17-15(18-12-14(24)21(3)4)22-8-10-23(11-9-22)16-19-13(6-2)20-25-16/h5-12H2,1-4H3,(H,17,18). The van der Waals surface area contributed by atoms with Crippen molar-refractivity contribution in [2.75, 3.05) is 58.3 Å². The Morgan fingerprint density at radius 1 is 1.28 bits per heavy atom. The molecule has 1 amide bonds. The van der Waals surface area contributed by atoms with Gasteiger partial charge in [-0.2, -0.15) is 4.37 Å². The van der Waals surface area contributed by atoms with Crippen LogP contribution in [0.1, 0.15) is 26.1 Å². The quantitative estimate of drug-likeness (QED) is 0.588. The summed E-state index contributed by atoms with van der Waals surface area (Å²) in [5.41, 5.74) is 0. The molecule has 8 nitrogen and oxygen atoms in total. The number of likely N-dealkylation sites (N-methyl/N-ethyl adjacent to an activating group) is 1. The Morgan fingerprint density at radius 2 is 2.00 bits per heavy atom. The predicted octanol–water partition coefficient (Wildman–Crippen LogP) is 0.666. The highest BCUT2D eigenvalue weighted by Gasteiger charge is 2.22. The van der Waals surface area contributed by atoms with E-state index in [0.29, 0.717) is 0 Å². The van der Waals surface area contributed by atoms with Crippen LogP contribution < -0.4 is 10.2 Å². The van der Waals surface area contributed by atoms with E-state index in [1.807, 2.05) is 0 Å². The molecule has 1 aromatic heterocycles. The first-order valence-corrected chi connectivity index (χ1v) is 9.63. The number of nitrogens with one attached hydrogen (secondary N) is 1. The molecule has 0 unspecified atom stereocenters. The van der Waals surface area contributed by atoms with Gasteiger partial charge in [0.2, 0.25) is 11.0 Å². The fraction of sp³-hybridized carbons (Fsp3) is 0.750. The van der Waals surface area contributed by atoms with Gasteiger partial charge < -0.3 is 20.0 Å². The molecule has 2 heterocycles. The van der Waals surface area contributed by atoms with Crippen LogP contribution in [-0.2, 0) is 11.2 Å². The maximum Gasteiger partial charge on any atom is 0.243 e. The summed E-state index contributed by atoms with van der Waals surface area (Å²) in [7, 11) is 3.50. The second-order valence-corrected chi connectivity index (χ2v) is 6.91. The zero-order valence-corrected chi connectivity index (χ0v) is 16.5. The van der Waals surface area contributed by atoms with E-state index in [0.717, 1.165) is 62.5 Å². The van der Waals surface area contributed by atoms with Crippen LogP contribution in [0, 0.1) is 0 Å². The topological polar surface area (TPSA) is 77.0 Å². The molecule has 1 aromatic rings. The van der Waals surface area contributed by atoms with Crippen molar-refractivity contribution in [2.45, 2.75) is 26.7 Å². The molecule has 140 valence electrons. The third kappa shape index (κ3) is 5.55. The smallest absolute Gasteiger partial charge is 0.243 e. The lowest BCUT2D eigenvalue weighted by Crippen LogP contribution is -2.53. The van der Waals surface area contributed by atoms with E-state index in [2.05, 4.69) is 43.3 Å². The zero-order chi connectivity index (χ0) is 18.2. The molecule has 9 heteroatoms. The molecule has 0 saturated carbocycles. The van der Waals surface area contributed by atoms with Crippen molar-refractivity contribution in [3.63, 3.8) is 0 Å². The van der Waals surface area contributed by atoms with Gasteiger partial charge >= 0.3 is 0 Å². The van der Waals surface area contributed by atoms with Crippen LogP contribution in [0.5, 0.6) is 0 Å². The minimum atomic E-state index is 0.00962. The normalized spacial score (nSPS) is 15.4. The maximum atomic E-state index is 11.8. The summed E-state index contributed by atoms with van der Waals surface area (Å²) in [5.74, 6) is 1.75. The van der Waals surface area contributed by atoms with Gasteiger partial charge in [0.15, 0.2) is 5.96 Å². The highest BCUT2D eigenvalue weighted by atomic mass is 32.1. The summed E-state index contributed by atoms with van der Waals surface area (Å²) < 4.78 is 4.37. The SMILES string of the molecule is CCCNC(=NCC(=O)N(C)C)N1CCN(c2nc(CC)ns2)CC1. The molecular formula is C16H29N7OS. The van der Waals surface area contributed by atoms with Gasteiger partial charge in [-0.3, -0.25) is 4.79 Å². The number of aryl methyl sites for hydroxylation is 1. The van der Waals surface area contributed by atoms with Crippen molar-refractivity contribution in [3.05, 3.63) is 5.82 Å². The Morgan fingerprint density at radius 3 is 2.56 bits per heavy atom. The number of hydrogen-bond donors (Lipinski definition) is 1. The number of nitrogens with zero attached hydrogens (tertiary/aromatic N) is 6. The fourth-order valence-electron chi connectivity index (χ4n) is 2.41. The van der Waals surface area contributed by atoms with Gasteiger partial charge in [0, 0.05) is 64.8 Å². The van der Waals surface area contributed by atoms with Crippen molar-refractivity contribution >= 4 is 28.5 Å². The highest BCUT2D eigenvalue weighted by molar-refractivity contribution is 7.09. The van der Waals surface area contributed by atoms with Gasteiger partial charge in [0.05, 0.1) is 0 Å². The number of carbonyl (C=O) groups is 1. The number of rotatable bonds is 6. The van der Waals surface area contributed by atoms with Crippen LogP contribution in [0.25, 0.3) is 0 Å². The molecule has 0 bridgehead atoms. The Bertz CT molecular complexity index is 579. The molecule has 1 saturated heterocycles. The molecule has 2 rings (SSSR count). The number of amides is 1. The Labute approximate surface area is 154 Å². The monoisotopic (exact) mass is 367 g/mol. The summed E-state index contributed by atoms with van der Waals surface area (Å²) in [6.45, 7) is 8.69. The third-order valence-electron chi connectivity index (χ3n) is 4.02. The van der Waals surface area contributed by atoms with Gasteiger partial charge in [-0.25, -0.2) is 9.98 Å². The minimum absolute atomic E-state index is 0.00962. The van der Waals surface area contributed by atoms with Crippen molar-refractivity contribution in [2.24, 2.45) is 4.99 Å². The average Bonchev–Trinajstić information content (AvgIpc) is 3.11. The molecule has 1 fully saturated rings. The first-order valence-electron chi connectivity index (χ1n) is 8.86. The number of aromatic nitrogens is 2. The van der Waals surface area contributed by atoms with Crippen molar-refractivity contribution in [1.29, 1.82) is 0 Å². The summed E-state index contributed by atoms with van der Waals surface area (Å²) >= 11 is 1.47. The van der Waals surface area contributed by atoms with E-state index in [-0.39, 0.29) is 12.5 Å². The molecule has 0 spiro atoms. The van der Waals surface area contributed by atoms with Gasteiger partial charge in [0.1, 0.15) is 12.4 Å². The van der Waals surface area contributed by atoms with E-state index >= 15 is 0 Å². The molecule has 0 radical (unpaired) electrons. The van der Waals surface area contributed by atoms with Gasteiger partial charge in [0.25, 0.3) is 0 Å². The lowest BCUT2D eigenvalue weighted by Gasteiger charge is -2.36. The summed E-state index contributed by atoms with van der Waals surface area (Å²) in [6.07, 6.45) is 1.89. The maximum absolute atomic E-state index is 11.8. The van der Waals surface area contributed by atoms with Crippen LogP contribution in [0.4, 0.5) is 5.13 Å². The fourth-order valence-corrected chi connectivity index (χ4v) is 3.22. The minimum Gasteiger partial charge on any atom is -0.356 e. The number of carbonyl (C=O) groups excluding carboxylic acids is 1. The molecule has 1 N–H and O–H groups in total. The van der Waals surface area contributed by atoms with Gasteiger partial charge in [-0.15, -0.1) is 0 Å². The number of aliphatic imine (C=N–C) groups is 1. The Kier molecular flexibility index (Phi) is 7.42. The van der Waals surface area contributed by atoms with Crippen molar-refractivity contribution in [1.82, 2.24) is 24.5 Å². The molecule has 25 heavy (non-hydrogen) atoms. The van der Waals surface area contributed by atoms with Crippen LogP contribution >= 0.6 is 11.5 Å². The van der Waals surface area contributed by atoms with E-state index in [1.165, 1.54) is 11.5 Å². The molecule has 0 aliphatic carbocycles. The summed E-state index contributed by atoms with van der Waals surface area (Å²) in [5, 5.41) is 4.36. The molecule has 1 aliphatic heterocycles. The predicted molar refractivity (Wildman–Crippen MR) is 102 cm³/mol. The van der Waals surface area contributed by atoms with Crippen LogP contribution in [0.15, 0.2) is 4.99 Å². The first kappa shape index (κ1) is 19.4. The van der Waals surface area contributed by atoms with Crippen LogP contribution in [0.3, 0.4) is 0 Å². The number of piperazine rings is 1. The zero-order valence-electron chi connectivity index (χ0n) is 15.7. The summed E-state index contributed by atoms with van der Waals surface area (Å²) in [4.78, 5) is 27.0. The van der Waals surface area contributed by atoms with Gasteiger partial charge in [-0.05, 0) is 6.42 Å². The van der Waals surface area contributed by atoms with E-state index in [4.69, 9.17) is 0 Å². The lowest BCUT2D eigenvalue weighted by atomic mass is 10.3. The number of anilines is 1. The second-order valence-electron chi connectivity index (χ2n) is 6.18.